The van der Waals surface area contributed by atoms with Crippen LogP contribution >= 0.6 is 0 Å². The molecule has 0 aliphatic rings. The van der Waals surface area contributed by atoms with Gasteiger partial charge >= 0.3 is 0 Å². The largest absolute Gasteiger partial charge is 0.344 e. The fourth-order valence-electron chi connectivity index (χ4n) is 2.44. The van der Waals surface area contributed by atoms with Crippen LogP contribution in [0.2, 0.25) is 0 Å². The molecule has 110 valence electrons. The molecule has 0 saturated heterocycles. The monoisotopic (exact) mass is 267 g/mol. The Bertz CT molecular complexity index is 301. The van der Waals surface area contributed by atoms with Crippen LogP contribution in [0, 0.1) is 16.7 Å². The average Bonchev–Trinajstić information content (AvgIpc) is 2.36. The highest BCUT2D eigenvalue weighted by atomic mass is 16.2. The molecule has 0 aromatic carbocycles. The number of hydrogen-bond acceptors (Lipinski definition) is 3. The maximum absolute atomic E-state index is 12.5. The van der Waals surface area contributed by atoms with Crippen molar-refractivity contribution >= 4 is 5.91 Å². The zero-order chi connectivity index (χ0) is 14.9. The third-order valence-corrected chi connectivity index (χ3v) is 3.42. The molecule has 0 fully saturated rings. The first kappa shape index (κ1) is 17.9. The average molecular weight is 267 g/mol. The Kier molecular flexibility index (Phi) is 8.42. The molecule has 4 nitrogen and oxygen atoms in total. The summed E-state index contributed by atoms with van der Waals surface area (Å²) in [5.41, 5.74) is -0.809. The molecule has 0 aliphatic heterocycles. The van der Waals surface area contributed by atoms with E-state index in [-0.39, 0.29) is 5.91 Å². The summed E-state index contributed by atoms with van der Waals surface area (Å²) in [5, 5.41) is 9.47. The highest BCUT2D eigenvalue weighted by Gasteiger charge is 2.38. The molecule has 0 bridgehead atoms. The standard InChI is InChI=1S/C15H29N3O/c1-6-9-15(13-16,10-7-2)14(19)18(5)12-8-11-17(3)4/h6-12H2,1-5H3. The first-order valence-electron chi connectivity index (χ1n) is 7.25. The maximum atomic E-state index is 12.5. The zero-order valence-electron chi connectivity index (χ0n) is 13.2. The number of carbonyl (C=O) groups is 1. The minimum atomic E-state index is -0.809. The lowest BCUT2D eigenvalue weighted by Gasteiger charge is -2.30. The number of nitriles is 1. The summed E-state index contributed by atoms with van der Waals surface area (Å²) in [4.78, 5) is 16.4. The van der Waals surface area contributed by atoms with Crippen molar-refractivity contribution in [2.24, 2.45) is 5.41 Å². The van der Waals surface area contributed by atoms with E-state index >= 15 is 0 Å². The summed E-state index contributed by atoms with van der Waals surface area (Å²) in [6.45, 7) is 5.73. The van der Waals surface area contributed by atoms with E-state index < -0.39 is 5.41 Å². The number of rotatable bonds is 9. The van der Waals surface area contributed by atoms with E-state index in [1.807, 2.05) is 35.0 Å². The van der Waals surface area contributed by atoms with Crippen LogP contribution in [0.15, 0.2) is 0 Å². The number of carbonyl (C=O) groups excluding carboxylic acids is 1. The van der Waals surface area contributed by atoms with Gasteiger partial charge in [-0.25, -0.2) is 0 Å². The molecule has 0 radical (unpaired) electrons. The van der Waals surface area contributed by atoms with Crippen LogP contribution in [0.25, 0.3) is 0 Å². The molecular weight excluding hydrogens is 238 g/mol. The molecule has 0 rings (SSSR count). The molecule has 0 spiro atoms. The number of hydrogen-bond donors (Lipinski definition) is 0. The second-order valence-electron chi connectivity index (χ2n) is 5.58. The molecule has 1 amide bonds. The molecular formula is C15H29N3O. The Labute approximate surface area is 118 Å². The van der Waals surface area contributed by atoms with Gasteiger partial charge in [-0.2, -0.15) is 5.26 Å². The summed E-state index contributed by atoms with van der Waals surface area (Å²) in [6.07, 6.45) is 3.99. The minimum absolute atomic E-state index is 0.00236. The van der Waals surface area contributed by atoms with Crippen LogP contribution in [0.4, 0.5) is 0 Å². The molecule has 0 unspecified atom stereocenters. The number of amides is 1. The summed E-state index contributed by atoms with van der Waals surface area (Å²) in [6, 6.07) is 2.30. The van der Waals surface area contributed by atoms with Gasteiger partial charge < -0.3 is 9.80 Å². The Morgan fingerprint density at radius 2 is 1.63 bits per heavy atom. The van der Waals surface area contributed by atoms with Crippen LogP contribution in [-0.4, -0.2) is 49.9 Å². The van der Waals surface area contributed by atoms with Crippen LogP contribution in [-0.2, 0) is 4.79 Å². The van der Waals surface area contributed by atoms with Crippen LogP contribution in [0.1, 0.15) is 46.0 Å². The van der Waals surface area contributed by atoms with Gasteiger partial charge in [0.2, 0.25) is 5.91 Å². The Hall–Kier alpha value is -1.08. The Morgan fingerprint density at radius 3 is 2.00 bits per heavy atom. The van der Waals surface area contributed by atoms with Crippen molar-refractivity contribution in [3.63, 3.8) is 0 Å². The van der Waals surface area contributed by atoms with Gasteiger partial charge in [-0.1, -0.05) is 26.7 Å². The van der Waals surface area contributed by atoms with Gasteiger partial charge in [0.05, 0.1) is 6.07 Å². The molecule has 0 heterocycles. The second kappa shape index (κ2) is 8.92. The summed E-state index contributed by atoms with van der Waals surface area (Å²) in [5.74, 6) is -0.00236. The van der Waals surface area contributed by atoms with E-state index in [1.54, 1.807) is 4.90 Å². The van der Waals surface area contributed by atoms with Crippen LogP contribution < -0.4 is 0 Å². The SMILES string of the molecule is CCCC(C#N)(CCC)C(=O)N(C)CCCN(C)C. The van der Waals surface area contributed by atoms with Gasteiger partial charge in [-0.15, -0.1) is 0 Å². The van der Waals surface area contributed by atoms with Crippen molar-refractivity contribution < 1.29 is 4.79 Å². The Morgan fingerprint density at radius 1 is 1.11 bits per heavy atom. The molecule has 4 heteroatoms. The van der Waals surface area contributed by atoms with Crippen molar-refractivity contribution in [2.75, 3.05) is 34.2 Å². The van der Waals surface area contributed by atoms with Crippen molar-refractivity contribution in [1.29, 1.82) is 5.26 Å². The lowest BCUT2D eigenvalue weighted by molar-refractivity contribution is -0.138. The van der Waals surface area contributed by atoms with Crippen LogP contribution in [0.5, 0.6) is 0 Å². The van der Waals surface area contributed by atoms with Crippen LogP contribution in [0.3, 0.4) is 0 Å². The first-order chi connectivity index (χ1) is 8.93. The Balaban J connectivity index is 4.66. The van der Waals surface area contributed by atoms with E-state index in [0.717, 1.165) is 25.8 Å². The van der Waals surface area contributed by atoms with E-state index in [0.29, 0.717) is 19.4 Å². The topological polar surface area (TPSA) is 47.3 Å². The molecule has 0 aromatic heterocycles. The van der Waals surface area contributed by atoms with Gasteiger partial charge in [0.25, 0.3) is 0 Å². The highest BCUT2D eigenvalue weighted by Crippen LogP contribution is 2.31. The predicted molar refractivity (Wildman–Crippen MR) is 78.7 cm³/mol. The van der Waals surface area contributed by atoms with Gasteiger partial charge in [0.15, 0.2) is 0 Å². The maximum Gasteiger partial charge on any atom is 0.242 e. The molecule has 0 N–H and O–H groups in total. The molecule has 0 aromatic rings. The fraction of sp³-hybridized carbons (Fsp3) is 0.867. The van der Waals surface area contributed by atoms with E-state index in [1.165, 1.54) is 0 Å². The van der Waals surface area contributed by atoms with Crippen molar-refractivity contribution in [1.82, 2.24) is 9.80 Å². The van der Waals surface area contributed by atoms with Crippen molar-refractivity contribution in [3.8, 4) is 6.07 Å². The van der Waals surface area contributed by atoms with Crippen molar-refractivity contribution in [2.45, 2.75) is 46.0 Å². The molecule has 19 heavy (non-hydrogen) atoms. The smallest absolute Gasteiger partial charge is 0.242 e. The summed E-state index contributed by atoms with van der Waals surface area (Å²) in [7, 11) is 5.86. The minimum Gasteiger partial charge on any atom is -0.344 e. The summed E-state index contributed by atoms with van der Waals surface area (Å²) < 4.78 is 0. The third-order valence-electron chi connectivity index (χ3n) is 3.42. The lowest BCUT2D eigenvalue weighted by Crippen LogP contribution is -2.42. The molecule has 0 aliphatic carbocycles. The van der Waals surface area contributed by atoms with E-state index in [2.05, 4.69) is 11.0 Å². The molecule has 0 saturated carbocycles. The van der Waals surface area contributed by atoms with Gasteiger partial charge in [-0.05, 0) is 39.9 Å². The third kappa shape index (κ3) is 5.61. The highest BCUT2D eigenvalue weighted by molar-refractivity contribution is 5.85. The van der Waals surface area contributed by atoms with E-state index in [9.17, 15) is 10.1 Å². The quantitative estimate of drug-likeness (QED) is 0.645. The molecule has 0 atom stereocenters. The zero-order valence-corrected chi connectivity index (χ0v) is 13.2. The number of nitrogens with zero attached hydrogens (tertiary/aromatic N) is 3. The predicted octanol–water partition coefficient (Wildman–Crippen LogP) is 2.51. The van der Waals surface area contributed by atoms with E-state index in [4.69, 9.17) is 0 Å². The normalized spacial score (nSPS) is 11.4. The summed E-state index contributed by atoms with van der Waals surface area (Å²) >= 11 is 0. The second-order valence-corrected chi connectivity index (χ2v) is 5.58. The van der Waals surface area contributed by atoms with Crippen molar-refractivity contribution in [3.05, 3.63) is 0 Å². The van der Waals surface area contributed by atoms with Gasteiger partial charge in [0, 0.05) is 13.6 Å². The van der Waals surface area contributed by atoms with Gasteiger partial charge in [0.1, 0.15) is 5.41 Å². The lowest BCUT2D eigenvalue weighted by atomic mass is 9.79. The fourth-order valence-corrected chi connectivity index (χ4v) is 2.44. The first-order valence-corrected chi connectivity index (χ1v) is 7.25. The van der Waals surface area contributed by atoms with Gasteiger partial charge in [-0.3, -0.25) is 4.79 Å².